The number of hydrogen-bond donors (Lipinski definition) is 2. The smallest absolute Gasteiger partial charge is 0.335 e. The molecule has 1 aliphatic rings. The van der Waals surface area contributed by atoms with Crippen LogP contribution in [0.5, 0.6) is 0 Å². The van der Waals surface area contributed by atoms with Crippen LogP contribution in [-0.4, -0.2) is 27.4 Å². The maximum atomic E-state index is 10.3. The molecule has 20 heavy (non-hydrogen) atoms. The summed E-state index contributed by atoms with van der Waals surface area (Å²) in [5.41, 5.74) is 1.42. The first-order valence-corrected chi connectivity index (χ1v) is 6.60. The van der Waals surface area contributed by atoms with Crippen LogP contribution in [0.4, 0.5) is 0 Å². The van der Waals surface area contributed by atoms with Gasteiger partial charge in [-0.05, 0) is 43.5 Å². The summed E-state index contributed by atoms with van der Waals surface area (Å²) >= 11 is 5.79. The van der Waals surface area contributed by atoms with Crippen LogP contribution in [0, 0.1) is 11.3 Å². The van der Waals surface area contributed by atoms with Crippen LogP contribution in [0.3, 0.4) is 0 Å². The molecule has 1 aromatic rings. The van der Waals surface area contributed by atoms with Crippen LogP contribution < -0.4 is 0 Å². The molecule has 2 N–H and O–H groups in total. The second-order valence-electron chi connectivity index (χ2n) is 4.30. The van der Waals surface area contributed by atoms with Crippen LogP contribution in [-0.2, 0) is 0 Å². The highest BCUT2D eigenvalue weighted by Gasteiger charge is 2.17. The van der Waals surface area contributed by atoms with E-state index in [-0.39, 0.29) is 10.9 Å². The van der Waals surface area contributed by atoms with Gasteiger partial charge in [-0.15, -0.1) is 11.6 Å². The normalized spacial score (nSPS) is 19.6. The van der Waals surface area contributed by atoms with E-state index >= 15 is 0 Å². The first-order valence-electron chi connectivity index (χ1n) is 6.17. The Morgan fingerprint density at radius 2 is 2.00 bits per heavy atom. The lowest BCUT2D eigenvalue weighted by atomic mass is 9.98. The monoisotopic (exact) mass is 294 g/mol. The SMILES string of the molecule is N#Cc1ccc(C(=O)O)cc1.O/N=C1/CCCCC1Cl. The number of benzene rings is 1. The van der Waals surface area contributed by atoms with Gasteiger partial charge in [-0.25, -0.2) is 4.79 Å². The Morgan fingerprint density at radius 3 is 2.40 bits per heavy atom. The highest BCUT2D eigenvalue weighted by molar-refractivity contribution is 6.32. The molecule has 1 saturated carbocycles. The summed E-state index contributed by atoms with van der Waals surface area (Å²) in [6.45, 7) is 0. The number of halogens is 1. The number of carboxylic acid groups (broad SMARTS) is 1. The molecule has 0 aromatic heterocycles. The summed E-state index contributed by atoms with van der Waals surface area (Å²) in [5.74, 6) is -0.977. The Morgan fingerprint density at radius 1 is 1.35 bits per heavy atom. The number of carboxylic acids is 1. The molecule has 0 amide bonds. The fourth-order valence-corrected chi connectivity index (χ4v) is 2.06. The number of oxime groups is 1. The Kier molecular flexibility index (Phi) is 6.54. The molecule has 5 nitrogen and oxygen atoms in total. The van der Waals surface area contributed by atoms with Crippen molar-refractivity contribution >= 4 is 23.3 Å². The van der Waals surface area contributed by atoms with Crippen molar-refractivity contribution in [3.8, 4) is 6.07 Å². The summed E-state index contributed by atoms with van der Waals surface area (Å²) in [5, 5.41) is 28.3. The van der Waals surface area contributed by atoms with Gasteiger partial charge in [0.2, 0.25) is 0 Å². The lowest BCUT2D eigenvalue weighted by molar-refractivity contribution is 0.0697. The largest absolute Gasteiger partial charge is 0.478 e. The molecule has 1 aromatic carbocycles. The molecule has 0 radical (unpaired) electrons. The standard InChI is InChI=1S/C8H5NO2.C6H10ClNO/c9-5-6-1-3-7(4-2-6)8(10)11;7-5-3-1-2-4-6(5)8-9/h1-4H,(H,10,11);5,9H,1-4H2/b;8-6-. The van der Waals surface area contributed by atoms with Gasteiger partial charge in [-0.2, -0.15) is 5.26 Å². The third kappa shape index (κ3) is 4.90. The number of carbonyl (C=O) groups is 1. The average molecular weight is 295 g/mol. The molecule has 0 bridgehead atoms. The van der Waals surface area contributed by atoms with Crippen molar-refractivity contribution in [3.05, 3.63) is 35.4 Å². The zero-order chi connectivity index (χ0) is 15.0. The number of nitrogens with zero attached hydrogens (tertiary/aromatic N) is 2. The van der Waals surface area contributed by atoms with E-state index in [9.17, 15) is 4.79 Å². The Bertz CT molecular complexity index is 520. The fourth-order valence-electron chi connectivity index (χ4n) is 1.75. The fraction of sp³-hybridized carbons (Fsp3) is 0.357. The maximum absolute atomic E-state index is 10.3. The van der Waals surface area contributed by atoms with Crippen LogP contribution in [0.1, 0.15) is 41.6 Å². The lowest BCUT2D eigenvalue weighted by Gasteiger charge is -2.15. The highest BCUT2D eigenvalue weighted by Crippen LogP contribution is 2.19. The Hall–Kier alpha value is -2.06. The van der Waals surface area contributed by atoms with Gasteiger partial charge >= 0.3 is 5.97 Å². The first-order chi connectivity index (χ1) is 9.58. The summed E-state index contributed by atoms with van der Waals surface area (Å²) in [6, 6.07) is 7.66. The Balaban J connectivity index is 0.000000204. The van der Waals surface area contributed by atoms with E-state index in [1.807, 2.05) is 6.07 Å². The van der Waals surface area contributed by atoms with Crippen LogP contribution in [0.15, 0.2) is 29.4 Å². The van der Waals surface area contributed by atoms with Gasteiger partial charge in [-0.3, -0.25) is 0 Å². The van der Waals surface area contributed by atoms with Gasteiger partial charge in [-0.1, -0.05) is 11.6 Å². The van der Waals surface area contributed by atoms with Gasteiger partial charge in [0.25, 0.3) is 0 Å². The third-order valence-corrected chi connectivity index (χ3v) is 3.36. The summed E-state index contributed by atoms with van der Waals surface area (Å²) in [4.78, 5) is 10.3. The number of nitriles is 1. The van der Waals surface area contributed by atoms with Gasteiger partial charge in [0.1, 0.15) is 0 Å². The van der Waals surface area contributed by atoms with Crippen molar-refractivity contribution in [2.45, 2.75) is 31.1 Å². The van der Waals surface area contributed by atoms with E-state index < -0.39 is 5.97 Å². The molecule has 2 rings (SSSR count). The number of hydrogen-bond acceptors (Lipinski definition) is 4. The zero-order valence-electron chi connectivity index (χ0n) is 10.8. The third-order valence-electron chi connectivity index (χ3n) is 2.89. The molecule has 1 unspecified atom stereocenters. The van der Waals surface area contributed by atoms with Crippen molar-refractivity contribution < 1.29 is 15.1 Å². The van der Waals surface area contributed by atoms with Crippen LogP contribution in [0.25, 0.3) is 0 Å². The minimum Gasteiger partial charge on any atom is -0.478 e. The number of rotatable bonds is 1. The summed E-state index contributed by atoms with van der Waals surface area (Å²) in [7, 11) is 0. The second-order valence-corrected chi connectivity index (χ2v) is 4.83. The van der Waals surface area contributed by atoms with Gasteiger partial charge < -0.3 is 10.3 Å². The minimum atomic E-state index is -0.977. The van der Waals surface area contributed by atoms with Gasteiger partial charge in [0.15, 0.2) is 0 Å². The molecule has 0 saturated heterocycles. The summed E-state index contributed by atoms with van der Waals surface area (Å²) < 4.78 is 0. The van der Waals surface area contributed by atoms with E-state index in [2.05, 4.69) is 5.16 Å². The quantitative estimate of drug-likeness (QED) is 0.472. The average Bonchev–Trinajstić information content (AvgIpc) is 2.48. The predicted octanol–water partition coefficient (Wildman–Crippen LogP) is 3.25. The predicted molar refractivity (Wildman–Crippen MR) is 75.4 cm³/mol. The van der Waals surface area contributed by atoms with E-state index in [0.29, 0.717) is 5.56 Å². The topological polar surface area (TPSA) is 93.7 Å². The zero-order valence-corrected chi connectivity index (χ0v) is 11.5. The van der Waals surface area contributed by atoms with Crippen molar-refractivity contribution in [1.82, 2.24) is 0 Å². The van der Waals surface area contributed by atoms with Crippen molar-refractivity contribution in [3.63, 3.8) is 0 Å². The van der Waals surface area contributed by atoms with E-state index in [1.54, 1.807) is 0 Å². The summed E-state index contributed by atoms with van der Waals surface area (Å²) in [6.07, 6.45) is 4.10. The van der Waals surface area contributed by atoms with Gasteiger partial charge in [0.05, 0.1) is 28.3 Å². The highest BCUT2D eigenvalue weighted by atomic mass is 35.5. The Labute approximate surface area is 122 Å². The van der Waals surface area contributed by atoms with Crippen LogP contribution in [0.2, 0.25) is 0 Å². The van der Waals surface area contributed by atoms with E-state index in [0.717, 1.165) is 31.4 Å². The first kappa shape index (κ1) is 16.0. The van der Waals surface area contributed by atoms with Crippen LogP contribution >= 0.6 is 11.6 Å². The van der Waals surface area contributed by atoms with E-state index in [4.69, 9.17) is 27.2 Å². The minimum absolute atomic E-state index is 0.0104. The molecule has 6 heteroatoms. The number of alkyl halides is 1. The van der Waals surface area contributed by atoms with Gasteiger partial charge in [0, 0.05) is 0 Å². The van der Waals surface area contributed by atoms with Crippen molar-refractivity contribution in [1.29, 1.82) is 5.26 Å². The molecule has 1 fully saturated rings. The molecular formula is C14H15ClN2O3. The maximum Gasteiger partial charge on any atom is 0.335 e. The number of aromatic carboxylic acids is 1. The molecule has 0 heterocycles. The van der Waals surface area contributed by atoms with E-state index in [1.165, 1.54) is 24.3 Å². The molecule has 1 atom stereocenters. The molecule has 106 valence electrons. The van der Waals surface area contributed by atoms with Crippen molar-refractivity contribution in [2.75, 3.05) is 0 Å². The molecule has 0 aliphatic heterocycles. The van der Waals surface area contributed by atoms with Crippen molar-refractivity contribution in [2.24, 2.45) is 5.16 Å². The molecular weight excluding hydrogens is 280 g/mol. The molecule has 0 spiro atoms. The second kappa shape index (κ2) is 8.18. The molecule has 1 aliphatic carbocycles. The lowest BCUT2D eigenvalue weighted by Crippen LogP contribution is -2.18.